The zero-order chi connectivity index (χ0) is 16.7. The molecule has 6 nitrogen and oxygen atoms in total. The number of halogens is 1. The first-order valence-corrected chi connectivity index (χ1v) is 8.18. The van der Waals surface area contributed by atoms with Crippen LogP contribution in [-0.2, 0) is 0 Å². The molecule has 1 aliphatic heterocycles. The van der Waals surface area contributed by atoms with Crippen molar-refractivity contribution in [2.75, 3.05) is 19.2 Å². The van der Waals surface area contributed by atoms with Gasteiger partial charge in [0.2, 0.25) is 6.79 Å². The molecule has 8 heteroatoms. The Morgan fingerprint density at radius 3 is 2.88 bits per heavy atom. The normalized spacial score (nSPS) is 12.4. The maximum absolute atomic E-state index is 12.5. The summed E-state index contributed by atoms with van der Waals surface area (Å²) in [5, 5.41) is 3.70. The summed E-state index contributed by atoms with van der Waals surface area (Å²) < 4.78 is 16.8. The number of carbonyl (C=O) groups excluding carboxylic acids is 1. The summed E-state index contributed by atoms with van der Waals surface area (Å²) in [4.78, 5) is 16.9. The second-order valence-electron chi connectivity index (χ2n) is 4.99. The van der Waals surface area contributed by atoms with Crippen LogP contribution in [-0.4, -0.2) is 24.8 Å². The number of methoxy groups -OCH3 is 1. The van der Waals surface area contributed by atoms with E-state index >= 15 is 0 Å². The van der Waals surface area contributed by atoms with Crippen LogP contribution in [0.4, 0.5) is 5.13 Å². The molecule has 3 aromatic rings. The van der Waals surface area contributed by atoms with E-state index in [1.165, 1.54) is 18.4 Å². The van der Waals surface area contributed by atoms with Crippen LogP contribution in [0.5, 0.6) is 17.2 Å². The lowest BCUT2D eigenvalue weighted by molar-refractivity contribution is 0.102. The summed E-state index contributed by atoms with van der Waals surface area (Å²) in [6.45, 7) is 0.213. The van der Waals surface area contributed by atoms with Crippen LogP contribution >= 0.6 is 22.9 Å². The number of anilines is 1. The molecular weight excluding hydrogens is 352 g/mol. The minimum absolute atomic E-state index is 0.213. The maximum atomic E-state index is 12.5. The number of ether oxygens (including phenoxy) is 3. The van der Waals surface area contributed by atoms with Crippen molar-refractivity contribution in [3.63, 3.8) is 0 Å². The third-order valence-electron chi connectivity index (χ3n) is 3.51. The Morgan fingerprint density at radius 2 is 2.08 bits per heavy atom. The number of hydrogen-bond donors (Lipinski definition) is 1. The van der Waals surface area contributed by atoms with E-state index < -0.39 is 0 Å². The lowest BCUT2D eigenvalue weighted by Gasteiger charge is -2.08. The number of amides is 1. The molecule has 24 heavy (non-hydrogen) atoms. The van der Waals surface area contributed by atoms with Crippen LogP contribution in [0.3, 0.4) is 0 Å². The molecule has 1 amide bonds. The van der Waals surface area contributed by atoms with Gasteiger partial charge < -0.3 is 14.2 Å². The van der Waals surface area contributed by atoms with Gasteiger partial charge in [0.15, 0.2) is 16.6 Å². The molecule has 0 fully saturated rings. The zero-order valence-corrected chi connectivity index (χ0v) is 14.0. The molecule has 4 rings (SSSR count). The van der Waals surface area contributed by atoms with Crippen LogP contribution in [0.25, 0.3) is 10.2 Å². The Bertz CT molecular complexity index is 916. The predicted molar refractivity (Wildman–Crippen MR) is 91.7 cm³/mol. The molecule has 1 aromatic heterocycles. The Hall–Kier alpha value is -2.51. The highest BCUT2D eigenvalue weighted by Gasteiger charge is 2.18. The van der Waals surface area contributed by atoms with Gasteiger partial charge in [0, 0.05) is 17.2 Å². The minimum atomic E-state index is -0.339. The number of hydrogen-bond acceptors (Lipinski definition) is 6. The maximum Gasteiger partial charge on any atom is 0.261 e. The highest BCUT2D eigenvalue weighted by atomic mass is 35.5. The van der Waals surface area contributed by atoms with Gasteiger partial charge in [-0.25, -0.2) is 4.98 Å². The number of benzene rings is 2. The lowest BCUT2D eigenvalue weighted by atomic mass is 10.2. The van der Waals surface area contributed by atoms with Gasteiger partial charge in [-0.2, -0.15) is 0 Å². The van der Waals surface area contributed by atoms with Crippen LogP contribution in [0, 0.1) is 0 Å². The fourth-order valence-corrected chi connectivity index (χ4v) is 3.44. The van der Waals surface area contributed by atoms with Crippen LogP contribution in [0.2, 0.25) is 5.02 Å². The van der Waals surface area contributed by atoms with Crippen molar-refractivity contribution >= 4 is 44.2 Å². The number of rotatable bonds is 3. The summed E-state index contributed by atoms with van der Waals surface area (Å²) in [5.41, 5.74) is 1.08. The molecule has 0 saturated carbocycles. The summed E-state index contributed by atoms with van der Waals surface area (Å²) in [6.07, 6.45) is 0. The van der Waals surface area contributed by atoms with E-state index in [1.807, 2.05) is 6.07 Å². The van der Waals surface area contributed by atoms with E-state index in [1.54, 1.807) is 24.3 Å². The number of aromatic nitrogens is 1. The van der Waals surface area contributed by atoms with Crippen molar-refractivity contribution in [3.8, 4) is 17.2 Å². The van der Waals surface area contributed by atoms with Gasteiger partial charge in [0.25, 0.3) is 5.91 Å². The fourth-order valence-electron chi connectivity index (χ4n) is 2.39. The second-order valence-corrected chi connectivity index (χ2v) is 6.46. The molecule has 1 aliphatic rings. The highest BCUT2D eigenvalue weighted by Crippen LogP contribution is 2.39. The van der Waals surface area contributed by atoms with Gasteiger partial charge in [-0.1, -0.05) is 22.9 Å². The molecule has 2 heterocycles. The Balaban J connectivity index is 1.64. The van der Waals surface area contributed by atoms with Crippen LogP contribution in [0.1, 0.15) is 10.4 Å². The number of carbonyl (C=O) groups is 1. The summed E-state index contributed by atoms with van der Waals surface area (Å²) in [6, 6.07) is 8.51. The average molecular weight is 363 g/mol. The van der Waals surface area contributed by atoms with Crippen LogP contribution < -0.4 is 19.5 Å². The van der Waals surface area contributed by atoms with Crippen molar-refractivity contribution in [3.05, 3.63) is 40.9 Å². The molecule has 0 aliphatic carbocycles. The van der Waals surface area contributed by atoms with E-state index in [0.717, 1.165) is 10.2 Å². The monoisotopic (exact) mass is 362 g/mol. The van der Waals surface area contributed by atoms with Gasteiger partial charge in [0.05, 0.1) is 22.9 Å². The van der Waals surface area contributed by atoms with Gasteiger partial charge in [-0.3, -0.25) is 10.1 Å². The highest BCUT2D eigenvalue weighted by molar-refractivity contribution is 7.22. The largest absolute Gasteiger partial charge is 0.496 e. The van der Waals surface area contributed by atoms with Gasteiger partial charge in [-0.15, -0.1) is 0 Å². The van der Waals surface area contributed by atoms with Gasteiger partial charge in [0.1, 0.15) is 5.75 Å². The van der Waals surface area contributed by atoms with E-state index in [0.29, 0.717) is 33.0 Å². The number of nitrogens with one attached hydrogen (secondary N) is 1. The first-order chi connectivity index (χ1) is 11.6. The smallest absolute Gasteiger partial charge is 0.261 e. The number of fused-ring (bicyclic) bond motifs is 2. The van der Waals surface area contributed by atoms with E-state index in [-0.39, 0.29) is 12.7 Å². The summed E-state index contributed by atoms with van der Waals surface area (Å²) in [7, 11) is 1.50. The summed E-state index contributed by atoms with van der Waals surface area (Å²) in [5.74, 6) is 1.44. The molecule has 0 saturated heterocycles. The number of nitrogens with zero attached hydrogens (tertiary/aromatic N) is 1. The van der Waals surface area contributed by atoms with Crippen molar-refractivity contribution in [1.82, 2.24) is 4.98 Å². The van der Waals surface area contributed by atoms with Crippen molar-refractivity contribution < 1.29 is 19.0 Å². The Kier molecular flexibility index (Phi) is 3.66. The van der Waals surface area contributed by atoms with E-state index in [4.69, 9.17) is 25.8 Å². The minimum Gasteiger partial charge on any atom is -0.496 e. The van der Waals surface area contributed by atoms with Gasteiger partial charge in [-0.05, 0) is 18.2 Å². The quantitative estimate of drug-likeness (QED) is 0.764. The SMILES string of the molecule is COc1ccc(Cl)cc1C(=O)Nc1nc2cc3c(cc2s1)OCO3. The van der Waals surface area contributed by atoms with E-state index in [9.17, 15) is 4.79 Å². The van der Waals surface area contributed by atoms with Crippen molar-refractivity contribution in [2.45, 2.75) is 0 Å². The molecule has 122 valence electrons. The Morgan fingerprint density at radius 1 is 1.29 bits per heavy atom. The predicted octanol–water partition coefficient (Wildman–Crippen LogP) is 3.94. The zero-order valence-electron chi connectivity index (χ0n) is 12.5. The molecule has 2 aromatic carbocycles. The fraction of sp³-hybridized carbons (Fsp3) is 0.125. The number of thiazole rings is 1. The van der Waals surface area contributed by atoms with Gasteiger partial charge >= 0.3 is 0 Å². The molecule has 0 spiro atoms. The first kappa shape index (κ1) is 15.0. The third kappa shape index (κ3) is 2.61. The molecular formula is C16H11ClN2O4S. The van der Waals surface area contributed by atoms with Crippen LogP contribution in [0.15, 0.2) is 30.3 Å². The molecule has 1 N–H and O–H groups in total. The molecule has 0 atom stereocenters. The standard InChI is InChI=1S/C16H11ClN2O4S/c1-21-11-3-2-8(17)4-9(11)15(20)19-16-18-10-5-12-13(23-7-22-12)6-14(10)24-16/h2-6H,7H2,1H3,(H,18,19,20). The first-order valence-electron chi connectivity index (χ1n) is 6.99. The van der Waals surface area contributed by atoms with Crippen molar-refractivity contribution in [1.29, 1.82) is 0 Å². The molecule has 0 radical (unpaired) electrons. The van der Waals surface area contributed by atoms with Crippen molar-refractivity contribution in [2.24, 2.45) is 0 Å². The average Bonchev–Trinajstić information content (AvgIpc) is 3.17. The second kappa shape index (κ2) is 5.85. The summed E-state index contributed by atoms with van der Waals surface area (Å²) >= 11 is 7.32. The topological polar surface area (TPSA) is 69.7 Å². The van der Waals surface area contributed by atoms with E-state index in [2.05, 4.69) is 10.3 Å². The third-order valence-corrected chi connectivity index (χ3v) is 4.68. The Labute approximate surface area is 145 Å². The molecule has 0 unspecified atom stereocenters. The lowest BCUT2D eigenvalue weighted by Crippen LogP contribution is -2.13. The molecule has 0 bridgehead atoms.